The predicted molar refractivity (Wildman–Crippen MR) is 88.0 cm³/mol. The topological polar surface area (TPSA) is 24.4 Å². The summed E-state index contributed by atoms with van der Waals surface area (Å²) in [7, 11) is 0. The molecule has 0 aliphatic rings. The fourth-order valence-electron chi connectivity index (χ4n) is 1.96. The number of hydrogen-bond donors (Lipinski definition) is 1. The van der Waals surface area contributed by atoms with Gasteiger partial charge in [0.1, 0.15) is 0 Å². The van der Waals surface area contributed by atoms with Crippen LogP contribution >= 0.6 is 11.6 Å². The molecule has 0 aromatic heterocycles. The van der Waals surface area contributed by atoms with Gasteiger partial charge in [0.2, 0.25) is 0 Å². The largest absolute Gasteiger partial charge is 0.416 e. The Labute approximate surface area is 138 Å². The first-order valence-corrected chi connectivity index (χ1v) is 7.42. The van der Waals surface area contributed by atoms with Crippen LogP contribution in [0.25, 0.3) is 0 Å². The fraction of sp³-hybridized carbons (Fsp3) is 0.235. The molecule has 0 radical (unpaired) electrons. The highest BCUT2D eigenvalue weighted by molar-refractivity contribution is 6.69. The molecule has 0 saturated carbocycles. The predicted octanol–water partition coefficient (Wildman–Crippen LogP) is 5.84. The first kappa shape index (κ1) is 17.3. The Balaban J connectivity index is 2.35. The van der Waals surface area contributed by atoms with Crippen LogP contribution in [0, 0.1) is 0 Å². The molecule has 2 rings (SSSR count). The average Bonchev–Trinajstić information content (AvgIpc) is 2.52. The van der Waals surface area contributed by atoms with Crippen LogP contribution in [0.5, 0.6) is 0 Å². The second kappa shape index (κ2) is 7.04. The van der Waals surface area contributed by atoms with Gasteiger partial charge >= 0.3 is 6.18 Å². The summed E-state index contributed by atoms with van der Waals surface area (Å²) in [5, 5.41) is 3.93. The third-order valence-electron chi connectivity index (χ3n) is 3.24. The van der Waals surface area contributed by atoms with Crippen molar-refractivity contribution in [3.05, 3.63) is 65.2 Å². The van der Waals surface area contributed by atoms with E-state index in [9.17, 15) is 13.2 Å². The summed E-state index contributed by atoms with van der Waals surface area (Å²) < 4.78 is 39.1. The van der Waals surface area contributed by atoms with E-state index in [1.165, 1.54) is 0 Å². The van der Waals surface area contributed by atoms with Crippen molar-refractivity contribution in [1.82, 2.24) is 0 Å². The third kappa shape index (κ3) is 4.73. The molecule has 2 aromatic rings. The number of anilines is 1. The van der Waals surface area contributed by atoms with E-state index in [4.69, 9.17) is 11.6 Å². The minimum Gasteiger partial charge on any atom is -0.277 e. The van der Waals surface area contributed by atoms with E-state index in [0.717, 1.165) is 12.1 Å². The highest BCUT2D eigenvalue weighted by atomic mass is 35.5. The van der Waals surface area contributed by atoms with Crippen molar-refractivity contribution in [3.63, 3.8) is 0 Å². The van der Waals surface area contributed by atoms with E-state index in [-0.39, 0.29) is 16.7 Å². The summed E-state index contributed by atoms with van der Waals surface area (Å²) in [5.74, 6) is -0.0531. The van der Waals surface area contributed by atoms with Crippen LogP contribution in [0.2, 0.25) is 0 Å². The number of halogens is 4. The Morgan fingerprint density at radius 3 is 2.30 bits per heavy atom. The van der Waals surface area contributed by atoms with Crippen molar-refractivity contribution in [2.75, 3.05) is 5.43 Å². The molecule has 0 bridgehead atoms. The zero-order valence-corrected chi connectivity index (χ0v) is 13.4. The van der Waals surface area contributed by atoms with Gasteiger partial charge in [-0.15, -0.1) is 0 Å². The van der Waals surface area contributed by atoms with Gasteiger partial charge in [-0.3, -0.25) is 5.43 Å². The summed E-state index contributed by atoms with van der Waals surface area (Å²) >= 11 is 6.07. The lowest BCUT2D eigenvalue weighted by Gasteiger charge is -2.13. The number of para-hydroxylation sites is 1. The van der Waals surface area contributed by atoms with Crippen molar-refractivity contribution in [1.29, 1.82) is 0 Å². The van der Waals surface area contributed by atoms with Gasteiger partial charge in [-0.05, 0) is 41.8 Å². The molecular weight excluding hydrogens is 325 g/mol. The molecule has 6 heteroatoms. The molecule has 1 N–H and O–H groups in total. The number of nitrogens with one attached hydrogen (secondary N) is 1. The lowest BCUT2D eigenvalue weighted by Crippen LogP contribution is -2.09. The van der Waals surface area contributed by atoms with E-state index in [2.05, 4.69) is 10.5 Å². The summed E-state index contributed by atoms with van der Waals surface area (Å²) in [6.45, 7) is 3.65. The van der Waals surface area contributed by atoms with E-state index in [0.29, 0.717) is 11.3 Å². The second-order valence-corrected chi connectivity index (χ2v) is 5.73. The van der Waals surface area contributed by atoms with Gasteiger partial charge in [-0.25, -0.2) is 0 Å². The van der Waals surface area contributed by atoms with Crippen LogP contribution < -0.4 is 5.43 Å². The molecule has 0 aliphatic heterocycles. The van der Waals surface area contributed by atoms with Crippen LogP contribution in [-0.2, 0) is 6.18 Å². The average molecular weight is 341 g/mol. The molecule has 0 heterocycles. The van der Waals surface area contributed by atoms with E-state index >= 15 is 0 Å². The Bertz CT molecular complexity index is 695. The van der Waals surface area contributed by atoms with E-state index < -0.39 is 11.7 Å². The minimum absolute atomic E-state index is 0.0261. The molecule has 0 unspecified atom stereocenters. The molecule has 2 nitrogen and oxygen atoms in total. The quantitative estimate of drug-likeness (QED) is 0.548. The molecule has 23 heavy (non-hydrogen) atoms. The highest BCUT2D eigenvalue weighted by Gasteiger charge is 2.31. The van der Waals surface area contributed by atoms with E-state index in [1.54, 1.807) is 18.2 Å². The number of hydrogen-bond acceptors (Lipinski definition) is 2. The molecule has 2 aromatic carbocycles. The summed E-state index contributed by atoms with van der Waals surface area (Å²) in [6.07, 6.45) is -4.43. The Morgan fingerprint density at radius 2 is 1.74 bits per heavy atom. The Kier molecular flexibility index (Phi) is 5.31. The molecule has 0 fully saturated rings. The SMILES string of the molecule is CC(C)c1cc(C(Cl)=NNc2ccccc2)cc(C(F)(F)F)c1. The standard InChI is InChI=1S/C17H16ClF3N2/c1-11(2)12-8-13(10-14(9-12)17(19,20)21)16(18)23-22-15-6-4-3-5-7-15/h3-11,22H,1-2H3. The maximum atomic E-state index is 13.0. The molecular formula is C17H16ClF3N2. The lowest BCUT2D eigenvalue weighted by molar-refractivity contribution is -0.137. The smallest absolute Gasteiger partial charge is 0.277 e. The van der Waals surface area contributed by atoms with Crippen molar-refractivity contribution >= 4 is 22.5 Å². The molecule has 122 valence electrons. The van der Waals surface area contributed by atoms with Crippen molar-refractivity contribution < 1.29 is 13.2 Å². The Morgan fingerprint density at radius 1 is 1.09 bits per heavy atom. The minimum atomic E-state index is -4.43. The number of hydrazone groups is 1. The van der Waals surface area contributed by atoms with E-state index in [1.807, 2.05) is 32.0 Å². The first-order valence-electron chi connectivity index (χ1n) is 7.04. The highest BCUT2D eigenvalue weighted by Crippen LogP contribution is 2.32. The summed E-state index contributed by atoms with van der Waals surface area (Å²) in [6, 6.07) is 12.8. The molecule has 0 amide bonds. The van der Waals surface area contributed by atoms with Gasteiger partial charge in [0.25, 0.3) is 0 Å². The molecule has 0 spiro atoms. The monoisotopic (exact) mass is 340 g/mol. The second-order valence-electron chi connectivity index (χ2n) is 5.38. The van der Waals surface area contributed by atoms with Crippen LogP contribution in [0.15, 0.2) is 53.6 Å². The number of rotatable bonds is 4. The third-order valence-corrected chi connectivity index (χ3v) is 3.55. The van der Waals surface area contributed by atoms with Gasteiger partial charge in [0.15, 0.2) is 5.17 Å². The number of nitrogens with zero attached hydrogens (tertiary/aromatic N) is 1. The maximum absolute atomic E-state index is 13.0. The van der Waals surface area contributed by atoms with Crippen LogP contribution in [-0.4, -0.2) is 5.17 Å². The zero-order valence-electron chi connectivity index (χ0n) is 12.7. The zero-order chi connectivity index (χ0) is 17.0. The lowest BCUT2D eigenvalue weighted by atomic mass is 9.98. The van der Waals surface area contributed by atoms with Crippen molar-refractivity contribution in [2.45, 2.75) is 25.9 Å². The van der Waals surface area contributed by atoms with Crippen LogP contribution in [0.4, 0.5) is 18.9 Å². The van der Waals surface area contributed by atoms with Crippen LogP contribution in [0.1, 0.15) is 36.5 Å². The van der Waals surface area contributed by atoms with Gasteiger partial charge in [-0.1, -0.05) is 43.6 Å². The molecule has 0 aliphatic carbocycles. The van der Waals surface area contributed by atoms with Gasteiger partial charge in [-0.2, -0.15) is 18.3 Å². The number of alkyl halides is 3. The number of benzene rings is 2. The maximum Gasteiger partial charge on any atom is 0.416 e. The summed E-state index contributed by atoms with van der Waals surface area (Å²) in [4.78, 5) is 0. The molecule has 0 atom stereocenters. The van der Waals surface area contributed by atoms with Crippen molar-refractivity contribution in [2.24, 2.45) is 5.10 Å². The summed E-state index contributed by atoms with van der Waals surface area (Å²) in [5.41, 5.74) is 3.48. The Hall–Kier alpha value is -2.01. The fourth-order valence-corrected chi connectivity index (χ4v) is 2.11. The van der Waals surface area contributed by atoms with Gasteiger partial charge in [0.05, 0.1) is 11.3 Å². The first-order chi connectivity index (χ1) is 10.8. The normalized spacial score (nSPS) is 12.6. The van der Waals surface area contributed by atoms with Gasteiger partial charge in [0, 0.05) is 5.56 Å². The van der Waals surface area contributed by atoms with Crippen molar-refractivity contribution in [3.8, 4) is 0 Å². The van der Waals surface area contributed by atoms with Gasteiger partial charge < -0.3 is 0 Å². The molecule has 0 saturated heterocycles. The van der Waals surface area contributed by atoms with Crippen LogP contribution in [0.3, 0.4) is 0 Å².